The molecule has 1 aliphatic rings. The van der Waals surface area contributed by atoms with Crippen LogP contribution in [0.3, 0.4) is 0 Å². The topological polar surface area (TPSA) is 99.0 Å². The first-order valence-electron chi connectivity index (χ1n) is 4.44. The molecular formula is C8H15NO5. The predicted octanol–water partition coefficient (Wildman–Crippen LogP) is -2.05. The molecule has 1 aliphatic heterocycles. The van der Waals surface area contributed by atoms with Crippen LogP contribution in [0.4, 0.5) is 0 Å². The number of carbonyl (C=O) groups is 1. The van der Waals surface area contributed by atoms with Gasteiger partial charge < -0.3 is 25.4 Å². The van der Waals surface area contributed by atoms with Crippen molar-refractivity contribution in [2.24, 2.45) is 0 Å². The van der Waals surface area contributed by atoms with Crippen LogP contribution in [-0.4, -0.2) is 52.4 Å². The standard InChI is InChI=1S/C8H15NO5/c1-4(11)9-5-2-6(12)7(3-10)14-8(5)13/h5-8,10,12-13H,2-3H2,1H3,(H,9,11)/t5-,6+,7+,8?/m0/s1. The maximum absolute atomic E-state index is 10.7. The van der Waals surface area contributed by atoms with E-state index in [1.807, 2.05) is 0 Å². The Morgan fingerprint density at radius 2 is 2.21 bits per heavy atom. The minimum absolute atomic E-state index is 0.173. The van der Waals surface area contributed by atoms with Gasteiger partial charge in [0.15, 0.2) is 6.29 Å². The van der Waals surface area contributed by atoms with Gasteiger partial charge in [0.05, 0.1) is 18.8 Å². The maximum Gasteiger partial charge on any atom is 0.217 e. The van der Waals surface area contributed by atoms with Crippen molar-refractivity contribution in [3.63, 3.8) is 0 Å². The van der Waals surface area contributed by atoms with Crippen LogP contribution >= 0.6 is 0 Å². The molecule has 82 valence electrons. The zero-order valence-corrected chi connectivity index (χ0v) is 7.88. The van der Waals surface area contributed by atoms with Crippen LogP contribution in [0.25, 0.3) is 0 Å². The number of carbonyl (C=O) groups excluding carboxylic acids is 1. The molecule has 1 amide bonds. The molecule has 6 heteroatoms. The fourth-order valence-corrected chi connectivity index (χ4v) is 1.45. The SMILES string of the molecule is CC(=O)N[C@H]1C[C@@H](O)[C@@H](CO)OC1O. The summed E-state index contributed by atoms with van der Waals surface area (Å²) in [5.41, 5.74) is 0. The summed E-state index contributed by atoms with van der Waals surface area (Å²) in [7, 11) is 0. The van der Waals surface area contributed by atoms with Gasteiger partial charge in [0.2, 0.25) is 5.91 Å². The van der Waals surface area contributed by atoms with Crippen molar-refractivity contribution >= 4 is 5.91 Å². The van der Waals surface area contributed by atoms with E-state index in [1.165, 1.54) is 6.92 Å². The zero-order valence-electron chi connectivity index (χ0n) is 7.88. The summed E-state index contributed by atoms with van der Waals surface area (Å²) < 4.78 is 4.90. The normalized spacial score (nSPS) is 38.0. The van der Waals surface area contributed by atoms with Gasteiger partial charge in [0.1, 0.15) is 6.10 Å². The Morgan fingerprint density at radius 1 is 1.57 bits per heavy atom. The van der Waals surface area contributed by atoms with E-state index in [9.17, 15) is 15.0 Å². The summed E-state index contributed by atoms with van der Waals surface area (Å²) in [6.45, 7) is 0.961. The average molecular weight is 205 g/mol. The molecule has 0 aliphatic carbocycles. The lowest BCUT2D eigenvalue weighted by Gasteiger charge is -2.36. The van der Waals surface area contributed by atoms with E-state index in [2.05, 4.69) is 5.32 Å². The third-order valence-electron chi connectivity index (χ3n) is 2.15. The van der Waals surface area contributed by atoms with Crippen LogP contribution in [0.5, 0.6) is 0 Å². The minimum Gasteiger partial charge on any atom is -0.394 e. The van der Waals surface area contributed by atoms with Gasteiger partial charge in [-0.05, 0) is 0 Å². The van der Waals surface area contributed by atoms with E-state index in [0.717, 1.165) is 0 Å². The fraction of sp³-hybridized carbons (Fsp3) is 0.875. The first-order chi connectivity index (χ1) is 6.54. The molecule has 4 atom stereocenters. The molecule has 14 heavy (non-hydrogen) atoms. The lowest BCUT2D eigenvalue weighted by Crippen LogP contribution is -2.55. The highest BCUT2D eigenvalue weighted by Crippen LogP contribution is 2.18. The van der Waals surface area contributed by atoms with Crippen LogP contribution in [0.15, 0.2) is 0 Å². The van der Waals surface area contributed by atoms with Crippen LogP contribution in [-0.2, 0) is 9.53 Å². The molecule has 1 unspecified atom stereocenters. The minimum atomic E-state index is -1.18. The smallest absolute Gasteiger partial charge is 0.217 e. The van der Waals surface area contributed by atoms with E-state index in [1.54, 1.807) is 0 Å². The summed E-state index contributed by atoms with van der Waals surface area (Å²) in [6.07, 6.45) is -2.67. The molecule has 1 heterocycles. The number of amides is 1. The summed E-state index contributed by atoms with van der Waals surface area (Å²) in [4.78, 5) is 10.7. The maximum atomic E-state index is 10.7. The number of rotatable bonds is 2. The molecule has 4 N–H and O–H groups in total. The van der Waals surface area contributed by atoms with Gasteiger partial charge in [-0.25, -0.2) is 0 Å². The third-order valence-corrected chi connectivity index (χ3v) is 2.15. The van der Waals surface area contributed by atoms with Gasteiger partial charge in [-0.3, -0.25) is 4.79 Å². The highest BCUT2D eigenvalue weighted by atomic mass is 16.6. The molecule has 0 aromatic heterocycles. The monoisotopic (exact) mass is 205 g/mol. The van der Waals surface area contributed by atoms with Crippen LogP contribution in [0.1, 0.15) is 13.3 Å². The molecule has 1 rings (SSSR count). The quantitative estimate of drug-likeness (QED) is 0.416. The van der Waals surface area contributed by atoms with Crippen molar-refractivity contribution < 1.29 is 24.9 Å². The van der Waals surface area contributed by atoms with E-state index >= 15 is 0 Å². The van der Waals surface area contributed by atoms with Crippen LogP contribution < -0.4 is 5.32 Å². The molecule has 0 saturated carbocycles. The Balaban J connectivity index is 2.52. The van der Waals surface area contributed by atoms with Gasteiger partial charge in [-0.15, -0.1) is 0 Å². The summed E-state index contributed by atoms with van der Waals surface area (Å²) >= 11 is 0. The number of hydrogen-bond acceptors (Lipinski definition) is 5. The van der Waals surface area contributed by atoms with Gasteiger partial charge in [0, 0.05) is 13.3 Å². The van der Waals surface area contributed by atoms with Crippen molar-refractivity contribution in [2.45, 2.75) is 37.9 Å². The van der Waals surface area contributed by atoms with Crippen LogP contribution in [0, 0.1) is 0 Å². The summed E-state index contributed by atoms with van der Waals surface area (Å²) in [6, 6.07) is -0.620. The van der Waals surface area contributed by atoms with Crippen molar-refractivity contribution in [2.75, 3.05) is 6.61 Å². The van der Waals surface area contributed by atoms with Gasteiger partial charge in [0.25, 0.3) is 0 Å². The summed E-state index contributed by atoms with van der Waals surface area (Å²) in [5.74, 6) is -0.299. The predicted molar refractivity (Wildman–Crippen MR) is 46.2 cm³/mol. The Hall–Kier alpha value is -0.690. The Kier molecular flexibility index (Phi) is 3.82. The Bertz CT molecular complexity index is 210. The first-order valence-corrected chi connectivity index (χ1v) is 4.44. The molecule has 1 fully saturated rings. The Morgan fingerprint density at radius 3 is 2.71 bits per heavy atom. The number of aliphatic hydroxyl groups excluding tert-OH is 3. The second kappa shape index (κ2) is 4.70. The average Bonchev–Trinajstić information content (AvgIpc) is 2.10. The third kappa shape index (κ3) is 2.65. The summed E-state index contributed by atoms with van der Waals surface area (Å²) in [5, 5.41) is 30.0. The van der Waals surface area contributed by atoms with Gasteiger partial charge in [-0.2, -0.15) is 0 Å². The van der Waals surface area contributed by atoms with Crippen molar-refractivity contribution in [3.8, 4) is 0 Å². The fourth-order valence-electron chi connectivity index (χ4n) is 1.45. The van der Waals surface area contributed by atoms with E-state index < -0.39 is 24.5 Å². The zero-order chi connectivity index (χ0) is 10.7. The molecular weight excluding hydrogens is 190 g/mol. The number of nitrogens with one attached hydrogen (secondary N) is 1. The van der Waals surface area contributed by atoms with Crippen LogP contribution in [0.2, 0.25) is 0 Å². The lowest BCUT2D eigenvalue weighted by molar-refractivity contribution is -0.221. The number of hydrogen-bond donors (Lipinski definition) is 4. The molecule has 1 saturated heterocycles. The van der Waals surface area contributed by atoms with Gasteiger partial charge in [-0.1, -0.05) is 0 Å². The number of ether oxygens (including phenoxy) is 1. The van der Waals surface area contributed by atoms with E-state index in [-0.39, 0.29) is 18.9 Å². The van der Waals surface area contributed by atoms with Crippen molar-refractivity contribution in [1.29, 1.82) is 0 Å². The number of aliphatic hydroxyl groups is 3. The molecule has 0 bridgehead atoms. The van der Waals surface area contributed by atoms with E-state index in [0.29, 0.717) is 0 Å². The van der Waals surface area contributed by atoms with Crippen molar-refractivity contribution in [1.82, 2.24) is 5.32 Å². The second-order valence-corrected chi connectivity index (χ2v) is 3.36. The molecule has 0 spiro atoms. The highest BCUT2D eigenvalue weighted by Gasteiger charge is 2.36. The molecule has 6 nitrogen and oxygen atoms in total. The molecule has 0 radical (unpaired) electrons. The Labute approximate surface area is 81.5 Å². The second-order valence-electron chi connectivity index (χ2n) is 3.36. The molecule has 0 aromatic rings. The van der Waals surface area contributed by atoms with Crippen molar-refractivity contribution in [3.05, 3.63) is 0 Å². The highest BCUT2D eigenvalue weighted by molar-refractivity contribution is 5.73. The first kappa shape index (κ1) is 11.4. The lowest BCUT2D eigenvalue weighted by atomic mass is 10.0. The van der Waals surface area contributed by atoms with Gasteiger partial charge >= 0.3 is 0 Å². The largest absolute Gasteiger partial charge is 0.394 e. The van der Waals surface area contributed by atoms with E-state index in [4.69, 9.17) is 9.84 Å². The molecule has 0 aromatic carbocycles.